The van der Waals surface area contributed by atoms with Crippen LogP contribution in [0.1, 0.15) is 43.2 Å². The van der Waals surface area contributed by atoms with E-state index in [2.05, 4.69) is 4.99 Å². The quantitative estimate of drug-likeness (QED) is 0.260. The van der Waals surface area contributed by atoms with Gasteiger partial charge >= 0.3 is 6.18 Å². The molecule has 4 aromatic rings. The van der Waals surface area contributed by atoms with Gasteiger partial charge in [0.1, 0.15) is 11.5 Å². The number of alkyl halides is 3. The van der Waals surface area contributed by atoms with Crippen molar-refractivity contribution >= 4 is 23.2 Å². The highest BCUT2D eigenvalue weighted by Gasteiger charge is 2.33. The standard InChI is InChI=1S/C31H27F3N2O6S/c1-6-21(37)26-16(2)35-30-36(27(26)18-13-23(39-3)28(41-5)24(14-18)40-4)29(38)25(43-30)15-20-10-11-22(42-20)17-8-7-9-19(12-17)31(32,33)34/h7-15,27H,6H2,1-5H3/b25-15-. The van der Waals surface area contributed by atoms with E-state index in [-0.39, 0.29) is 33.8 Å². The normalized spacial score (nSPS) is 15.3. The number of aromatic nitrogens is 1. The third-order valence-corrected chi connectivity index (χ3v) is 8.00. The van der Waals surface area contributed by atoms with Gasteiger partial charge in [-0.15, -0.1) is 0 Å². The van der Waals surface area contributed by atoms with Gasteiger partial charge in [-0.3, -0.25) is 14.2 Å². The number of furan rings is 1. The molecule has 0 fully saturated rings. The minimum absolute atomic E-state index is 0.175. The van der Waals surface area contributed by atoms with Crippen LogP contribution in [0.5, 0.6) is 17.2 Å². The van der Waals surface area contributed by atoms with E-state index in [1.807, 2.05) is 0 Å². The van der Waals surface area contributed by atoms with E-state index in [4.69, 9.17) is 18.6 Å². The smallest absolute Gasteiger partial charge is 0.416 e. The number of nitrogens with zero attached hydrogens (tertiary/aromatic N) is 2. The number of rotatable bonds is 8. The van der Waals surface area contributed by atoms with Crippen molar-refractivity contribution in [3.05, 3.63) is 96.4 Å². The Balaban J connectivity index is 1.66. The number of carbonyl (C=O) groups is 1. The number of carbonyl (C=O) groups excluding carboxylic acids is 1. The van der Waals surface area contributed by atoms with Gasteiger partial charge in [0.05, 0.1) is 37.5 Å². The zero-order chi connectivity index (χ0) is 31.1. The number of hydrogen-bond acceptors (Lipinski definition) is 8. The number of ketones is 1. The molecule has 43 heavy (non-hydrogen) atoms. The minimum atomic E-state index is -4.50. The van der Waals surface area contributed by atoms with Gasteiger partial charge in [-0.1, -0.05) is 30.4 Å². The fourth-order valence-electron chi connectivity index (χ4n) is 5.01. The molecule has 0 saturated carbocycles. The lowest BCUT2D eigenvalue weighted by Crippen LogP contribution is -2.39. The van der Waals surface area contributed by atoms with Gasteiger partial charge in [0.2, 0.25) is 5.75 Å². The van der Waals surface area contributed by atoms with E-state index in [0.717, 1.165) is 23.5 Å². The average Bonchev–Trinajstić information content (AvgIpc) is 3.58. The molecule has 1 aliphatic rings. The number of fused-ring (bicyclic) bond motifs is 1. The molecule has 8 nitrogen and oxygen atoms in total. The number of hydrogen-bond donors (Lipinski definition) is 0. The second kappa shape index (κ2) is 11.6. The highest BCUT2D eigenvalue weighted by Crippen LogP contribution is 2.42. The van der Waals surface area contributed by atoms with E-state index in [0.29, 0.717) is 38.9 Å². The summed E-state index contributed by atoms with van der Waals surface area (Å²) >= 11 is 1.11. The molecule has 0 radical (unpaired) electrons. The lowest BCUT2D eigenvalue weighted by Gasteiger charge is -2.26. The van der Waals surface area contributed by atoms with E-state index in [1.54, 1.807) is 38.1 Å². The van der Waals surface area contributed by atoms with Crippen molar-refractivity contribution in [3.63, 3.8) is 0 Å². The first-order chi connectivity index (χ1) is 20.5. The molecule has 5 rings (SSSR count). The number of thiazole rings is 1. The number of methoxy groups -OCH3 is 3. The van der Waals surface area contributed by atoms with E-state index < -0.39 is 23.3 Å². The molecule has 1 aliphatic heterocycles. The Morgan fingerprint density at radius 2 is 1.77 bits per heavy atom. The van der Waals surface area contributed by atoms with Crippen LogP contribution in [-0.2, 0) is 11.0 Å². The molecule has 0 spiro atoms. The molecule has 12 heteroatoms. The predicted molar refractivity (Wildman–Crippen MR) is 154 cm³/mol. The van der Waals surface area contributed by atoms with Crippen LogP contribution in [0, 0.1) is 0 Å². The average molecular weight is 613 g/mol. The van der Waals surface area contributed by atoms with Crippen LogP contribution in [0.15, 0.2) is 74.0 Å². The Bertz CT molecular complexity index is 1910. The number of halogens is 3. The van der Waals surface area contributed by atoms with Gasteiger partial charge in [-0.05, 0) is 48.9 Å². The molecule has 2 aromatic carbocycles. The Morgan fingerprint density at radius 3 is 2.37 bits per heavy atom. The molecular weight excluding hydrogens is 585 g/mol. The van der Waals surface area contributed by atoms with E-state index in [1.165, 1.54) is 44.1 Å². The summed E-state index contributed by atoms with van der Waals surface area (Å²) < 4.78 is 63.7. The summed E-state index contributed by atoms with van der Waals surface area (Å²) in [5.41, 5.74) is 0.419. The zero-order valence-corrected chi connectivity index (χ0v) is 24.7. The van der Waals surface area contributed by atoms with Crippen molar-refractivity contribution in [2.75, 3.05) is 21.3 Å². The molecule has 224 valence electrons. The topological polar surface area (TPSA) is 92.3 Å². The summed E-state index contributed by atoms with van der Waals surface area (Å²) in [5.74, 6) is 1.38. The Labute approximate surface area is 248 Å². The molecule has 2 aromatic heterocycles. The second-order valence-electron chi connectivity index (χ2n) is 9.60. The van der Waals surface area contributed by atoms with Crippen molar-refractivity contribution in [1.82, 2.24) is 4.57 Å². The number of benzene rings is 2. The van der Waals surface area contributed by atoms with Crippen molar-refractivity contribution in [2.45, 2.75) is 32.5 Å². The van der Waals surface area contributed by atoms with Crippen molar-refractivity contribution < 1.29 is 36.6 Å². The molecule has 0 N–H and O–H groups in total. The highest BCUT2D eigenvalue weighted by atomic mass is 32.1. The summed E-state index contributed by atoms with van der Waals surface area (Å²) in [6.07, 6.45) is -2.79. The SMILES string of the molecule is CCC(=O)C1=C(C)N=c2s/c(=C\c3ccc(-c4cccc(C(F)(F)F)c4)o3)c(=O)n2C1c1cc(OC)c(OC)c(OC)c1. The predicted octanol–water partition coefficient (Wildman–Crippen LogP) is 5.52. The largest absolute Gasteiger partial charge is 0.493 e. The summed E-state index contributed by atoms with van der Waals surface area (Å²) in [5, 5.41) is 0. The zero-order valence-electron chi connectivity index (χ0n) is 23.9. The monoisotopic (exact) mass is 612 g/mol. The number of Topliss-reactive ketones (excluding diaryl/α,β-unsaturated/α-hetero) is 1. The molecule has 0 aliphatic carbocycles. The Kier molecular flexibility index (Phi) is 8.06. The lowest BCUT2D eigenvalue weighted by atomic mass is 9.91. The fraction of sp³-hybridized carbons (Fsp3) is 0.258. The Morgan fingerprint density at radius 1 is 1.07 bits per heavy atom. The van der Waals surface area contributed by atoms with Crippen LogP contribution in [0.2, 0.25) is 0 Å². The van der Waals surface area contributed by atoms with Crippen LogP contribution in [0.3, 0.4) is 0 Å². The molecule has 1 atom stereocenters. The van der Waals surface area contributed by atoms with Gasteiger partial charge in [-0.25, -0.2) is 4.99 Å². The van der Waals surface area contributed by atoms with Crippen molar-refractivity contribution in [1.29, 1.82) is 0 Å². The van der Waals surface area contributed by atoms with Gasteiger partial charge < -0.3 is 18.6 Å². The Hall–Kier alpha value is -4.58. The van der Waals surface area contributed by atoms with Crippen LogP contribution >= 0.6 is 11.3 Å². The van der Waals surface area contributed by atoms with E-state index >= 15 is 0 Å². The molecule has 0 bridgehead atoms. The summed E-state index contributed by atoms with van der Waals surface area (Å²) in [6.45, 7) is 3.46. The van der Waals surface area contributed by atoms with Crippen molar-refractivity contribution in [2.24, 2.45) is 4.99 Å². The van der Waals surface area contributed by atoms with Crippen LogP contribution in [0.25, 0.3) is 17.4 Å². The molecule has 3 heterocycles. The summed E-state index contributed by atoms with van der Waals surface area (Å²) in [4.78, 5) is 32.1. The maximum Gasteiger partial charge on any atom is 0.416 e. The first-order valence-electron chi connectivity index (χ1n) is 13.1. The molecule has 0 saturated heterocycles. The van der Waals surface area contributed by atoms with Crippen LogP contribution < -0.4 is 29.1 Å². The third kappa shape index (κ3) is 5.50. The molecular formula is C31H27F3N2O6S. The summed E-state index contributed by atoms with van der Waals surface area (Å²) in [7, 11) is 4.43. The first kappa shape index (κ1) is 29.9. The minimum Gasteiger partial charge on any atom is -0.493 e. The van der Waals surface area contributed by atoms with Crippen molar-refractivity contribution in [3.8, 4) is 28.6 Å². The van der Waals surface area contributed by atoms with Gasteiger partial charge in [0.15, 0.2) is 22.1 Å². The molecule has 1 unspecified atom stereocenters. The molecule has 0 amide bonds. The lowest BCUT2D eigenvalue weighted by molar-refractivity contribution is -0.137. The van der Waals surface area contributed by atoms with Crippen LogP contribution in [-0.4, -0.2) is 31.7 Å². The third-order valence-electron chi connectivity index (χ3n) is 7.02. The second-order valence-corrected chi connectivity index (χ2v) is 10.6. The number of ether oxygens (including phenoxy) is 3. The fourth-order valence-corrected chi connectivity index (χ4v) is 6.03. The highest BCUT2D eigenvalue weighted by molar-refractivity contribution is 7.07. The van der Waals surface area contributed by atoms with Gasteiger partial charge in [-0.2, -0.15) is 13.2 Å². The number of allylic oxidation sites excluding steroid dienone is 2. The first-order valence-corrected chi connectivity index (χ1v) is 14.0. The van der Waals surface area contributed by atoms with E-state index in [9.17, 15) is 22.8 Å². The summed E-state index contributed by atoms with van der Waals surface area (Å²) in [6, 6.07) is 10.5. The van der Waals surface area contributed by atoms with Gasteiger partial charge in [0, 0.05) is 29.3 Å². The maximum atomic E-state index is 13.9. The van der Waals surface area contributed by atoms with Gasteiger partial charge in [0.25, 0.3) is 5.56 Å². The maximum absolute atomic E-state index is 13.9. The van der Waals surface area contributed by atoms with Crippen LogP contribution in [0.4, 0.5) is 13.2 Å².